The molecule has 2 aliphatic rings. The SMILES string of the molecule is OC1(c2ccccc2)CCN(C2CCN(c3ccc(-n4ccnc4)cc3)CC2)C1. The van der Waals surface area contributed by atoms with Gasteiger partial charge in [-0.15, -0.1) is 0 Å². The van der Waals surface area contributed by atoms with Gasteiger partial charge in [0.15, 0.2) is 0 Å². The van der Waals surface area contributed by atoms with Gasteiger partial charge in [0.25, 0.3) is 0 Å². The summed E-state index contributed by atoms with van der Waals surface area (Å²) in [5.41, 5.74) is 2.78. The number of β-amino-alcohol motifs (C(OH)–C–C–N with tert-alkyl or cyclic N) is 1. The van der Waals surface area contributed by atoms with E-state index < -0.39 is 5.60 Å². The first-order valence-electron chi connectivity index (χ1n) is 10.6. The van der Waals surface area contributed by atoms with Gasteiger partial charge in [0.05, 0.1) is 6.33 Å². The fourth-order valence-electron chi connectivity index (χ4n) is 4.85. The number of likely N-dealkylation sites (tertiary alicyclic amines) is 1. The summed E-state index contributed by atoms with van der Waals surface area (Å²) in [6, 6.07) is 19.5. The molecule has 5 heteroatoms. The molecule has 0 aliphatic carbocycles. The molecule has 0 bridgehead atoms. The number of benzene rings is 2. The third-order valence-corrected chi connectivity index (χ3v) is 6.59. The number of nitrogens with zero attached hydrogens (tertiary/aromatic N) is 4. The molecule has 0 radical (unpaired) electrons. The Morgan fingerprint density at radius 3 is 2.31 bits per heavy atom. The first-order valence-corrected chi connectivity index (χ1v) is 10.6. The summed E-state index contributed by atoms with van der Waals surface area (Å²) >= 11 is 0. The highest BCUT2D eigenvalue weighted by molar-refractivity contribution is 5.51. The van der Waals surface area contributed by atoms with Crippen molar-refractivity contribution in [2.24, 2.45) is 0 Å². The van der Waals surface area contributed by atoms with Crippen LogP contribution in [-0.2, 0) is 5.60 Å². The molecule has 0 amide bonds. The van der Waals surface area contributed by atoms with E-state index in [0.29, 0.717) is 6.04 Å². The Morgan fingerprint density at radius 1 is 0.897 bits per heavy atom. The second kappa shape index (κ2) is 7.65. The van der Waals surface area contributed by atoms with Gasteiger partial charge in [-0.1, -0.05) is 30.3 Å². The fourth-order valence-corrected chi connectivity index (χ4v) is 4.85. The molecule has 1 atom stereocenters. The summed E-state index contributed by atoms with van der Waals surface area (Å²) in [5.74, 6) is 0. The van der Waals surface area contributed by atoms with Crippen LogP contribution in [-0.4, -0.2) is 51.8 Å². The van der Waals surface area contributed by atoms with E-state index in [1.807, 2.05) is 35.3 Å². The fraction of sp³-hybridized carbons (Fsp3) is 0.375. The molecule has 150 valence electrons. The lowest BCUT2D eigenvalue weighted by Gasteiger charge is -2.38. The second-order valence-electron chi connectivity index (χ2n) is 8.32. The van der Waals surface area contributed by atoms with Crippen molar-refractivity contribution in [2.75, 3.05) is 31.1 Å². The van der Waals surface area contributed by atoms with Crippen LogP contribution in [0.2, 0.25) is 0 Å². The Kier molecular flexibility index (Phi) is 4.86. The van der Waals surface area contributed by atoms with Gasteiger partial charge in [0.1, 0.15) is 5.60 Å². The summed E-state index contributed by atoms with van der Waals surface area (Å²) in [6.45, 7) is 3.86. The highest BCUT2D eigenvalue weighted by Gasteiger charge is 2.40. The molecular weight excluding hydrogens is 360 g/mol. The van der Waals surface area contributed by atoms with Crippen LogP contribution in [0.25, 0.3) is 5.69 Å². The van der Waals surface area contributed by atoms with Gasteiger partial charge in [-0.25, -0.2) is 4.98 Å². The van der Waals surface area contributed by atoms with Gasteiger partial charge in [0, 0.05) is 56.0 Å². The Hall–Kier alpha value is -2.63. The number of rotatable bonds is 4. The Bertz CT molecular complexity index is 917. The van der Waals surface area contributed by atoms with Crippen molar-refractivity contribution < 1.29 is 5.11 Å². The third-order valence-electron chi connectivity index (χ3n) is 6.59. The van der Waals surface area contributed by atoms with E-state index in [1.54, 1.807) is 6.20 Å². The van der Waals surface area contributed by atoms with Crippen molar-refractivity contribution in [2.45, 2.75) is 30.9 Å². The quantitative estimate of drug-likeness (QED) is 0.744. The highest BCUT2D eigenvalue weighted by atomic mass is 16.3. The second-order valence-corrected chi connectivity index (χ2v) is 8.32. The van der Waals surface area contributed by atoms with Crippen LogP contribution in [0.5, 0.6) is 0 Å². The van der Waals surface area contributed by atoms with Crippen LogP contribution in [0.1, 0.15) is 24.8 Å². The minimum absolute atomic E-state index is 0.564. The van der Waals surface area contributed by atoms with Crippen LogP contribution in [0.3, 0.4) is 0 Å². The average Bonchev–Trinajstić information content (AvgIpc) is 3.46. The number of imidazole rings is 1. The molecule has 1 aromatic heterocycles. The molecule has 2 saturated heterocycles. The lowest BCUT2D eigenvalue weighted by Crippen LogP contribution is -2.45. The number of hydrogen-bond acceptors (Lipinski definition) is 4. The smallest absolute Gasteiger partial charge is 0.103 e. The molecule has 3 aromatic rings. The molecule has 29 heavy (non-hydrogen) atoms. The van der Waals surface area contributed by atoms with Crippen LogP contribution in [0.15, 0.2) is 73.3 Å². The molecule has 2 fully saturated rings. The molecule has 2 aliphatic heterocycles. The van der Waals surface area contributed by atoms with E-state index in [4.69, 9.17) is 0 Å². The molecule has 0 spiro atoms. The molecular formula is C24H28N4O. The summed E-state index contributed by atoms with van der Waals surface area (Å²) < 4.78 is 2.03. The Balaban J connectivity index is 1.19. The van der Waals surface area contributed by atoms with Crippen LogP contribution < -0.4 is 4.90 Å². The molecule has 3 heterocycles. The number of piperidine rings is 1. The van der Waals surface area contributed by atoms with Crippen molar-refractivity contribution in [3.8, 4) is 5.69 Å². The van der Waals surface area contributed by atoms with Gasteiger partial charge < -0.3 is 14.6 Å². The number of aliphatic hydroxyl groups is 1. The Labute approximate surface area is 172 Å². The minimum atomic E-state index is -0.693. The lowest BCUT2D eigenvalue weighted by atomic mass is 9.93. The van der Waals surface area contributed by atoms with E-state index in [-0.39, 0.29) is 0 Å². The van der Waals surface area contributed by atoms with Gasteiger partial charge in [-0.2, -0.15) is 0 Å². The van der Waals surface area contributed by atoms with E-state index in [1.165, 1.54) is 5.69 Å². The van der Waals surface area contributed by atoms with E-state index >= 15 is 0 Å². The average molecular weight is 389 g/mol. The molecule has 1 N–H and O–H groups in total. The van der Waals surface area contributed by atoms with Gasteiger partial charge >= 0.3 is 0 Å². The molecule has 0 saturated carbocycles. The van der Waals surface area contributed by atoms with Crippen molar-refractivity contribution in [3.05, 3.63) is 78.9 Å². The normalized spacial score (nSPS) is 23.6. The van der Waals surface area contributed by atoms with Crippen molar-refractivity contribution in [1.29, 1.82) is 0 Å². The zero-order chi connectivity index (χ0) is 19.7. The maximum atomic E-state index is 11.1. The predicted octanol–water partition coefficient (Wildman–Crippen LogP) is 3.43. The third kappa shape index (κ3) is 3.68. The standard InChI is InChI=1S/C24H28N4O/c29-24(20-4-2-1-3-5-20)12-16-27(18-24)23-10-14-26(15-11-23)21-6-8-22(9-7-21)28-17-13-25-19-28/h1-9,13,17,19,23,29H,10-12,14-16,18H2. The maximum Gasteiger partial charge on any atom is 0.103 e. The summed E-state index contributed by atoms with van der Waals surface area (Å²) in [7, 11) is 0. The van der Waals surface area contributed by atoms with Crippen LogP contribution in [0.4, 0.5) is 5.69 Å². The van der Waals surface area contributed by atoms with E-state index in [2.05, 4.69) is 51.2 Å². The first-order chi connectivity index (χ1) is 14.2. The molecule has 1 unspecified atom stereocenters. The summed E-state index contributed by atoms with van der Waals surface area (Å²) in [6.07, 6.45) is 8.71. The maximum absolute atomic E-state index is 11.1. The van der Waals surface area contributed by atoms with E-state index in [9.17, 15) is 5.11 Å². The lowest BCUT2D eigenvalue weighted by molar-refractivity contribution is 0.0385. The molecule has 5 nitrogen and oxygen atoms in total. The molecule has 5 rings (SSSR count). The topological polar surface area (TPSA) is 44.5 Å². The van der Waals surface area contributed by atoms with Gasteiger partial charge in [-0.3, -0.25) is 4.90 Å². The summed E-state index contributed by atoms with van der Waals surface area (Å²) in [4.78, 5) is 9.10. The zero-order valence-corrected chi connectivity index (χ0v) is 16.7. The minimum Gasteiger partial charge on any atom is -0.384 e. The van der Waals surface area contributed by atoms with Crippen molar-refractivity contribution >= 4 is 5.69 Å². The van der Waals surface area contributed by atoms with Crippen LogP contribution >= 0.6 is 0 Å². The monoisotopic (exact) mass is 388 g/mol. The number of aromatic nitrogens is 2. The van der Waals surface area contributed by atoms with Crippen molar-refractivity contribution in [1.82, 2.24) is 14.5 Å². The van der Waals surface area contributed by atoms with Gasteiger partial charge in [0.2, 0.25) is 0 Å². The predicted molar refractivity (Wildman–Crippen MR) is 115 cm³/mol. The van der Waals surface area contributed by atoms with Gasteiger partial charge in [-0.05, 0) is 49.1 Å². The Morgan fingerprint density at radius 2 is 1.62 bits per heavy atom. The summed E-state index contributed by atoms with van der Waals surface area (Å²) in [5, 5.41) is 11.1. The highest BCUT2D eigenvalue weighted by Crippen LogP contribution is 2.35. The zero-order valence-electron chi connectivity index (χ0n) is 16.7. The molecule has 2 aromatic carbocycles. The number of anilines is 1. The van der Waals surface area contributed by atoms with E-state index in [0.717, 1.165) is 56.7 Å². The van der Waals surface area contributed by atoms with Crippen molar-refractivity contribution in [3.63, 3.8) is 0 Å². The number of hydrogen-bond donors (Lipinski definition) is 1. The first kappa shape index (κ1) is 18.4. The largest absolute Gasteiger partial charge is 0.384 e. The van der Waals surface area contributed by atoms with Crippen LogP contribution in [0, 0.1) is 0 Å².